The van der Waals surface area contributed by atoms with E-state index in [4.69, 9.17) is 5.21 Å². The van der Waals surface area contributed by atoms with Gasteiger partial charge in [0.2, 0.25) is 5.91 Å². The number of hydrogen-bond donors (Lipinski definition) is 2. The van der Waals surface area contributed by atoms with Gasteiger partial charge in [-0.15, -0.1) is 0 Å². The average Bonchev–Trinajstić information content (AvgIpc) is 3.16. The lowest BCUT2D eigenvalue weighted by molar-refractivity contribution is -0.136. The highest BCUT2D eigenvalue weighted by molar-refractivity contribution is 5.94. The topological polar surface area (TPSA) is 82.5 Å². The van der Waals surface area contributed by atoms with Crippen molar-refractivity contribution < 1.29 is 14.8 Å². The van der Waals surface area contributed by atoms with Gasteiger partial charge >= 0.3 is 0 Å². The van der Waals surface area contributed by atoms with Crippen LogP contribution in [0.2, 0.25) is 0 Å². The lowest BCUT2D eigenvalue weighted by atomic mass is 9.83. The van der Waals surface area contributed by atoms with E-state index in [0.717, 1.165) is 29.7 Å². The van der Waals surface area contributed by atoms with E-state index in [9.17, 15) is 9.59 Å². The van der Waals surface area contributed by atoms with Gasteiger partial charge in [0, 0.05) is 31.0 Å². The van der Waals surface area contributed by atoms with E-state index in [2.05, 4.69) is 4.98 Å². The number of benzene rings is 1. The first kappa shape index (κ1) is 15.8. The third-order valence-electron chi connectivity index (χ3n) is 5.33. The highest BCUT2D eigenvalue weighted by Crippen LogP contribution is 2.45. The Morgan fingerprint density at radius 1 is 1.28 bits per heavy atom. The molecule has 1 atom stereocenters. The predicted molar refractivity (Wildman–Crippen MR) is 89.8 cm³/mol. The summed E-state index contributed by atoms with van der Waals surface area (Å²) in [6.07, 6.45) is 5.71. The molecule has 25 heavy (non-hydrogen) atoms. The number of amides is 2. The Kier molecular flexibility index (Phi) is 3.77. The molecule has 2 amide bonds. The fourth-order valence-corrected chi connectivity index (χ4v) is 4.04. The molecule has 1 spiro atoms. The van der Waals surface area contributed by atoms with Gasteiger partial charge in [-0.25, -0.2) is 5.48 Å². The smallest absolute Gasteiger partial charge is 0.274 e. The van der Waals surface area contributed by atoms with E-state index in [1.165, 1.54) is 0 Å². The molecule has 0 saturated carbocycles. The quantitative estimate of drug-likeness (QED) is 0.660. The molecule has 128 valence electrons. The highest BCUT2D eigenvalue weighted by Gasteiger charge is 2.49. The zero-order chi connectivity index (χ0) is 17.4. The minimum Gasteiger partial charge on any atom is -0.338 e. The summed E-state index contributed by atoms with van der Waals surface area (Å²) >= 11 is 0. The van der Waals surface area contributed by atoms with Gasteiger partial charge in [-0.05, 0) is 54.2 Å². The maximum atomic E-state index is 13.1. The summed E-state index contributed by atoms with van der Waals surface area (Å²) in [5.74, 6) is -0.347. The second kappa shape index (κ2) is 5.97. The number of nitrogens with one attached hydrogen (secondary N) is 1. The van der Waals surface area contributed by atoms with Crippen LogP contribution in [0.1, 0.15) is 33.5 Å². The molecule has 1 aromatic heterocycles. The molecule has 2 heterocycles. The summed E-state index contributed by atoms with van der Waals surface area (Å²) in [5.41, 5.74) is 4.85. The number of fused-ring (bicyclic) bond motifs is 1. The van der Waals surface area contributed by atoms with Crippen LogP contribution in [-0.4, -0.2) is 33.5 Å². The zero-order valence-electron chi connectivity index (χ0n) is 13.7. The summed E-state index contributed by atoms with van der Waals surface area (Å²) in [6.45, 7) is 1.33. The Bertz CT molecular complexity index is 837. The molecule has 2 aliphatic rings. The van der Waals surface area contributed by atoms with Crippen LogP contribution >= 0.6 is 0 Å². The third-order valence-corrected chi connectivity index (χ3v) is 5.33. The molecule has 1 aliphatic heterocycles. The number of hydroxylamine groups is 1. The second-order valence-corrected chi connectivity index (χ2v) is 6.90. The summed E-state index contributed by atoms with van der Waals surface area (Å²) in [5, 5.41) is 8.79. The van der Waals surface area contributed by atoms with E-state index < -0.39 is 11.3 Å². The SMILES string of the molecule is O=C(NO)c1ccc2c(c1)C[C@@]1(CCN(Cc3cccnc3)C1=O)C2. The molecular formula is C19H19N3O3. The normalized spacial score (nSPS) is 21.6. The van der Waals surface area contributed by atoms with Gasteiger partial charge in [0.05, 0.1) is 5.41 Å². The standard InChI is InChI=1S/C19H19N3O3/c23-17(21-25)14-3-4-15-9-19(10-16(15)8-14)5-7-22(18(19)24)12-13-2-1-6-20-11-13/h1-4,6,8,11,25H,5,7,9-10,12H2,(H,21,23)/t19-/m1/s1. The number of pyridine rings is 1. The second-order valence-electron chi connectivity index (χ2n) is 6.90. The molecule has 6 nitrogen and oxygen atoms in total. The Morgan fingerprint density at radius 2 is 2.12 bits per heavy atom. The first-order chi connectivity index (χ1) is 12.1. The molecule has 4 rings (SSSR count). The lowest BCUT2D eigenvalue weighted by Gasteiger charge is -2.22. The Balaban J connectivity index is 1.54. The van der Waals surface area contributed by atoms with Crippen LogP contribution in [0.25, 0.3) is 0 Å². The van der Waals surface area contributed by atoms with Crippen molar-refractivity contribution in [2.45, 2.75) is 25.8 Å². The number of aromatic nitrogens is 1. The van der Waals surface area contributed by atoms with Crippen molar-refractivity contribution in [3.8, 4) is 0 Å². The highest BCUT2D eigenvalue weighted by atomic mass is 16.5. The first-order valence-electron chi connectivity index (χ1n) is 8.36. The number of carbonyl (C=O) groups excluding carboxylic acids is 2. The van der Waals surface area contributed by atoms with Gasteiger partial charge in [-0.2, -0.15) is 0 Å². The van der Waals surface area contributed by atoms with Crippen LogP contribution in [0.15, 0.2) is 42.7 Å². The molecule has 2 N–H and O–H groups in total. The third kappa shape index (κ3) is 2.68. The maximum Gasteiger partial charge on any atom is 0.274 e. The van der Waals surface area contributed by atoms with Gasteiger partial charge in [0.25, 0.3) is 5.91 Å². The van der Waals surface area contributed by atoms with E-state index in [1.807, 2.05) is 23.1 Å². The molecule has 0 bridgehead atoms. The van der Waals surface area contributed by atoms with Gasteiger partial charge in [-0.1, -0.05) is 12.1 Å². The lowest BCUT2D eigenvalue weighted by Crippen LogP contribution is -2.34. The van der Waals surface area contributed by atoms with E-state index in [1.54, 1.807) is 30.0 Å². The molecule has 1 fully saturated rings. The fraction of sp³-hybridized carbons (Fsp3) is 0.316. The van der Waals surface area contributed by atoms with Gasteiger partial charge in [0.15, 0.2) is 0 Å². The Labute approximate surface area is 145 Å². The largest absolute Gasteiger partial charge is 0.338 e. The van der Waals surface area contributed by atoms with Crippen molar-refractivity contribution in [1.82, 2.24) is 15.4 Å². The maximum absolute atomic E-state index is 13.1. The van der Waals surface area contributed by atoms with Crippen LogP contribution in [0.4, 0.5) is 0 Å². The van der Waals surface area contributed by atoms with Crippen LogP contribution in [0.3, 0.4) is 0 Å². The van der Waals surface area contributed by atoms with E-state index in [0.29, 0.717) is 24.9 Å². The van der Waals surface area contributed by atoms with Crippen molar-refractivity contribution >= 4 is 11.8 Å². The zero-order valence-corrected chi connectivity index (χ0v) is 13.7. The molecule has 1 aromatic carbocycles. The van der Waals surface area contributed by atoms with Gasteiger partial charge < -0.3 is 4.90 Å². The van der Waals surface area contributed by atoms with Crippen molar-refractivity contribution in [1.29, 1.82) is 0 Å². The van der Waals surface area contributed by atoms with Crippen LogP contribution in [0.5, 0.6) is 0 Å². The fourth-order valence-electron chi connectivity index (χ4n) is 4.04. The first-order valence-corrected chi connectivity index (χ1v) is 8.36. The summed E-state index contributed by atoms with van der Waals surface area (Å²) in [4.78, 5) is 30.7. The molecule has 0 unspecified atom stereocenters. The van der Waals surface area contributed by atoms with E-state index in [-0.39, 0.29) is 5.91 Å². The van der Waals surface area contributed by atoms with Crippen LogP contribution < -0.4 is 5.48 Å². The van der Waals surface area contributed by atoms with E-state index >= 15 is 0 Å². The Morgan fingerprint density at radius 3 is 2.88 bits per heavy atom. The number of hydrogen-bond acceptors (Lipinski definition) is 4. The summed E-state index contributed by atoms with van der Waals surface area (Å²) in [7, 11) is 0. The molecule has 6 heteroatoms. The number of nitrogens with zero attached hydrogens (tertiary/aromatic N) is 2. The molecular weight excluding hydrogens is 318 g/mol. The molecule has 0 radical (unpaired) electrons. The molecule has 2 aromatic rings. The Hall–Kier alpha value is -2.73. The number of carbonyl (C=O) groups is 2. The van der Waals surface area contributed by atoms with Crippen molar-refractivity contribution in [3.63, 3.8) is 0 Å². The monoisotopic (exact) mass is 337 g/mol. The minimum atomic E-state index is -0.528. The summed E-state index contributed by atoms with van der Waals surface area (Å²) in [6, 6.07) is 9.23. The molecule has 1 saturated heterocycles. The van der Waals surface area contributed by atoms with Crippen LogP contribution in [0, 0.1) is 5.41 Å². The number of rotatable bonds is 3. The minimum absolute atomic E-state index is 0.181. The average molecular weight is 337 g/mol. The molecule has 1 aliphatic carbocycles. The van der Waals surface area contributed by atoms with Crippen LogP contribution in [-0.2, 0) is 24.2 Å². The van der Waals surface area contributed by atoms with Crippen molar-refractivity contribution in [3.05, 3.63) is 65.0 Å². The van der Waals surface area contributed by atoms with Gasteiger partial charge in [-0.3, -0.25) is 19.8 Å². The number of likely N-dealkylation sites (tertiary alicyclic amines) is 1. The summed E-state index contributed by atoms with van der Waals surface area (Å²) < 4.78 is 0. The van der Waals surface area contributed by atoms with Gasteiger partial charge in [0.1, 0.15) is 0 Å². The van der Waals surface area contributed by atoms with Crippen molar-refractivity contribution in [2.24, 2.45) is 5.41 Å². The predicted octanol–water partition coefficient (Wildman–Crippen LogP) is 1.72. The van der Waals surface area contributed by atoms with Crippen molar-refractivity contribution in [2.75, 3.05) is 6.54 Å².